The number of aliphatic hydroxyl groups excluding tert-OH is 1. The van der Waals surface area contributed by atoms with Gasteiger partial charge >= 0.3 is 0 Å². The predicted molar refractivity (Wildman–Crippen MR) is 137 cm³/mol. The van der Waals surface area contributed by atoms with Gasteiger partial charge in [-0.15, -0.1) is 0 Å². The van der Waals surface area contributed by atoms with E-state index in [4.69, 9.17) is 0 Å². The molecule has 9 nitrogen and oxygen atoms in total. The Balaban J connectivity index is 1.89. The quantitative estimate of drug-likeness (QED) is 0.141. The van der Waals surface area contributed by atoms with Gasteiger partial charge in [0.15, 0.2) is 0 Å². The van der Waals surface area contributed by atoms with Crippen LogP contribution >= 0.6 is 0 Å². The van der Waals surface area contributed by atoms with E-state index in [1.807, 2.05) is 0 Å². The monoisotopic (exact) mass is 494 g/mol. The fourth-order valence-corrected chi connectivity index (χ4v) is 4.45. The topological polar surface area (TPSA) is 117 Å². The number of ketones is 1. The number of nitro groups is 1. The van der Waals surface area contributed by atoms with Crippen molar-refractivity contribution >= 4 is 23.1 Å². The number of likely N-dealkylation sites (tertiary alicyclic amines) is 1. The number of nitrogens with zero attached hydrogens (tertiary/aromatic N) is 4. The normalized spacial score (nSPS) is 17.2. The molecule has 36 heavy (non-hydrogen) atoms. The lowest BCUT2D eigenvalue weighted by Crippen LogP contribution is -2.34. The molecule has 1 aliphatic rings. The second kappa shape index (κ2) is 12.9. The molecule has 0 unspecified atom stereocenters. The smallest absolute Gasteiger partial charge is 0.295 e. The van der Waals surface area contributed by atoms with E-state index in [0.717, 1.165) is 45.3 Å². The predicted octanol–water partition coefficient (Wildman–Crippen LogP) is 4.70. The van der Waals surface area contributed by atoms with Gasteiger partial charge in [0.25, 0.3) is 17.4 Å². The number of Topliss-reactive ketones (excluding diaryl/α,β-unsaturated/α-hetero) is 1. The summed E-state index contributed by atoms with van der Waals surface area (Å²) in [6.45, 7) is 7.50. The average molecular weight is 495 g/mol. The number of pyridine rings is 1. The molecule has 1 aliphatic heterocycles. The van der Waals surface area contributed by atoms with E-state index in [-0.39, 0.29) is 22.6 Å². The van der Waals surface area contributed by atoms with Crippen molar-refractivity contribution in [3.8, 4) is 0 Å². The Labute approximate surface area is 211 Å². The third-order valence-corrected chi connectivity index (χ3v) is 6.42. The number of amides is 1. The molecular weight excluding hydrogens is 460 g/mol. The largest absolute Gasteiger partial charge is 0.507 e. The van der Waals surface area contributed by atoms with Crippen molar-refractivity contribution in [3.05, 3.63) is 75.6 Å². The number of benzene rings is 1. The summed E-state index contributed by atoms with van der Waals surface area (Å²) in [4.78, 5) is 44.7. The molecule has 1 fully saturated rings. The van der Waals surface area contributed by atoms with Gasteiger partial charge < -0.3 is 14.9 Å². The zero-order chi connectivity index (χ0) is 26.1. The van der Waals surface area contributed by atoms with Crippen LogP contribution in [-0.2, 0) is 9.59 Å². The Morgan fingerprint density at radius 1 is 1.06 bits per heavy atom. The molecule has 3 rings (SSSR count). The molecular formula is C27H34N4O5. The first kappa shape index (κ1) is 27.0. The number of non-ortho nitro benzene ring substituents is 1. The molecule has 1 amide bonds. The van der Waals surface area contributed by atoms with Crippen molar-refractivity contribution in [1.82, 2.24) is 14.8 Å². The molecule has 0 spiro atoms. The summed E-state index contributed by atoms with van der Waals surface area (Å²) < 4.78 is 0. The molecule has 1 aromatic carbocycles. The van der Waals surface area contributed by atoms with Gasteiger partial charge in [-0.2, -0.15) is 0 Å². The SMILES string of the molecule is CCCCN(CCCC)CCCN1C(=O)C(=O)C(=C(O)c2ccc([N+](=O)[O-])cc2)[C@H]1c1cccnc1. The number of hydrogen-bond acceptors (Lipinski definition) is 7. The molecule has 0 saturated carbocycles. The number of unbranched alkanes of at least 4 members (excludes halogenated alkanes) is 2. The Morgan fingerprint density at radius 2 is 1.69 bits per heavy atom. The highest BCUT2D eigenvalue weighted by atomic mass is 16.6. The van der Waals surface area contributed by atoms with Crippen molar-refractivity contribution in [2.75, 3.05) is 26.2 Å². The Bertz CT molecular complexity index is 1080. The van der Waals surface area contributed by atoms with Crippen molar-refractivity contribution in [3.63, 3.8) is 0 Å². The van der Waals surface area contributed by atoms with Gasteiger partial charge in [0.1, 0.15) is 5.76 Å². The average Bonchev–Trinajstić information content (AvgIpc) is 3.15. The summed E-state index contributed by atoms with van der Waals surface area (Å²) >= 11 is 0. The van der Waals surface area contributed by atoms with Crippen LogP contribution in [0.1, 0.15) is 63.1 Å². The van der Waals surface area contributed by atoms with Crippen LogP contribution in [0.4, 0.5) is 5.69 Å². The van der Waals surface area contributed by atoms with Crippen LogP contribution in [0.3, 0.4) is 0 Å². The maximum atomic E-state index is 13.1. The first-order chi connectivity index (χ1) is 17.4. The van der Waals surface area contributed by atoms with Crippen LogP contribution in [0.15, 0.2) is 54.4 Å². The molecule has 0 radical (unpaired) electrons. The number of hydrogen-bond donors (Lipinski definition) is 1. The lowest BCUT2D eigenvalue weighted by atomic mass is 9.96. The van der Waals surface area contributed by atoms with E-state index in [0.29, 0.717) is 18.5 Å². The molecule has 0 aliphatic carbocycles. The lowest BCUT2D eigenvalue weighted by molar-refractivity contribution is -0.384. The van der Waals surface area contributed by atoms with Crippen LogP contribution in [0.2, 0.25) is 0 Å². The summed E-state index contributed by atoms with van der Waals surface area (Å²) in [5.41, 5.74) is 0.689. The van der Waals surface area contributed by atoms with Gasteiger partial charge in [0.2, 0.25) is 0 Å². The molecule has 9 heteroatoms. The van der Waals surface area contributed by atoms with Crippen LogP contribution < -0.4 is 0 Å². The van der Waals surface area contributed by atoms with E-state index in [1.54, 1.807) is 24.5 Å². The fourth-order valence-electron chi connectivity index (χ4n) is 4.45. The number of aliphatic hydroxyl groups is 1. The first-order valence-corrected chi connectivity index (χ1v) is 12.5. The zero-order valence-corrected chi connectivity index (χ0v) is 20.9. The second-order valence-electron chi connectivity index (χ2n) is 8.99. The van der Waals surface area contributed by atoms with Gasteiger partial charge in [-0.1, -0.05) is 32.8 Å². The molecule has 0 bridgehead atoms. The minimum Gasteiger partial charge on any atom is -0.507 e. The summed E-state index contributed by atoms with van der Waals surface area (Å²) in [5.74, 6) is -1.79. The first-order valence-electron chi connectivity index (χ1n) is 12.5. The highest BCUT2D eigenvalue weighted by Crippen LogP contribution is 2.39. The minimum atomic E-state index is -0.784. The molecule has 1 saturated heterocycles. The van der Waals surface area contributed by atoms with E-state index < -0.39 is 22.7 Å². The van der Waals surface area contributed by atoms with Gasteiger partial charge in [-0.3, -0.25) is 24.7 Å². The van der Waals surface area contributed by atoms with Gasteiger partial charge in [0.05, 0.1) is 16.5 Å². The lowest BCUT2D eigenvalue weighted by Gasteiger charge is -2.27. The van der Waals surface area contributed by atoms with Gasteiger partial charge in [0, 0.05) is 36.6 Å². The maximum Gasteiger partial charge on any atom is 0.295 e. The Morgan fingerprint density at radius 3 is 2.25 bits per heavy atom. The van der Waals surface area contributed by atoms with E-state index >= 15 is 0 Å². The van der Waals surface area contributed by atoms with Crippen LogP contribution in [0, 0.1) is 10.1 Å². The standard InChI is InChI=1S/C27H34N4O5/c1-3-5-15-29(16-6-4-2)17-8-18-30-24(21-9-7-14-28-19-21)23(26(33)27(30)34)25(32)20-10-12-22(13-11-20)31(35)36/h7,9-14,19,24,32H,3-6,8,15-18H2,1-2H3/t24-/m1/s1. The van der Waals surface area contributed by atoms with Gasteiger partial charge in [-0.05, 0) is 62.7 Å². The third kappa shape index (κ3) is 6.34. The number of aromatic nitrogens is 1. The molecule has 1 aromatic heterocycles. The van der Waals surface area contributed by atoms with Crippen molar-refractivity contribution < 1.29 is 19.6 Å². The summed E-state index contributed by atoms with van der Waals surface area (Å²) in [5, 5.41) is 22.1. The number of nitro benzene ring substituents is 1. The summed E-state index contributed by atoms with van der Waals surface area (Å²) in [7, 11) is 0. The number of carbonyl (C=O) groups excluding carboxylic acids is 2. The van der Waals surface area contributed by atoms with E-state index in [2.05, 4.69) is 23.7 Å². The summed E-state index contributed by atoms with van der Waals surface area (Å²) in [6.07, 6.45) is 8.32. The second-order valence-corrected chi connectivity index (χ2v) is 8.99. The highest BCUT2D eigenvalue weighted by Gasteiger charge is 2.45. The third-order valence-electron chi connectivity index (χ3n) is 6.42. The molecule has 1 atom stereocenters. The van der Waals surface area contributed by atoms with Crippen LogP contribution in [0.5, 0.6) is 0 Å². The van der Waals surface area contributed by atoms with Crippen LogP contribution in [0.25, 0.3) is 5.76 Å². The van der Waals surface area contributed by atoms with E-state index in [1.165, 1.54) is 29.2 Å². The van der Waals surface area contributed by atoms with Crippen molar-refractivity contribution in [2.45, 2.75) is 52.0 Å². The molecule has 192 valence electrons. The molecule has 1 N–H and O–H groups in total. The molecule has 2 aromatic rings. The Kier molecular flexibility index (Phi) is 9.69. The number of rotatable bonds is 13. The van der Waals surface area contributed by atoms with Gasteiger partial charge in [-0.25, -0.2) is 0 Å². The minimum absolute atomic E-state index is 0.0318. The number of carbonyl (C=O) groups is 2. The summed E-state index contributed by atoms with van der Waals surface area (Å²) in [6, 6.07) is 7.97. The van der Waals surface area contributed by atoms with E-state index in [9.17, 15) is 24.8 Å². The van der Waals surface area contributed by atoms with Crippen molar-refractivity contribution in [1.29, 1.82) is 0 Å². The highest BCUT2D eigenvalue weighted by molar-refractivity contribution is 6.46. The Hall–Kier alpha value is -3.59. The van der Waals surface area contributed by atoms with Crippen LogP contribution in [-0.4, -0.2) is 62.7 Å². The van der Waals surface area contributed by atoms with Crippen molar-refractivity contribution in [2.24, 2.45) is 0 Å². The maximum absolute atomic E-state index is 13.1. The fraction of sp³-hybridized carbons (Fsp3) is 0.444. The zero-order valence-electron chi connectivity index (χ0n) is 20.9. The molecule has 2 heterocycles.